The highest BCUT2D eigenvalue weighted by Gasteiger charge is 2.14. The van der Waals surface area contributed by atoms with E-state index < -0.39 is 6.10 Å². The highest BCUT2D eigenvalue weighted by atomic mass is 16.5. The molecule has 21 heavy (non-hydrogen) atoms. The first-order chi connectivity index (χ1) is 10.1. The van der Waals surface area contributed by atoms with Crippen LogP contribution in [0.15, 0.2) is 48.5 Å². The first-order valence-electron chi connectivity index (χ1n) is 7.12. The number of rotatable bonds is 5. The maximum Gasteiger partial charge on any atom is 0.261 e. The Morgan fingerprint density at radius 3 is 2.43 bits per heavy atom. The minimum Gasteiger partial charge on any atom is -0.481 e. The van der Waals surface area contributed by atoms with Crippen molar-refractivity contribution in [3.63, 3.8) is 0 Å². The first-order valence-corrected chi connectivity index (χ1v) is 7.12. The molecule has 1 N–H and O–H groups in total. The number of aryl methyl sites for hydroxylation is 2. The SMILES string of the molecule is Cc1ccc(CNC(=O)[C@@H](C)Oc2ccccc2C)cc1. The molecule has 0 aliphatic rings. The summed E-state index contributed by atoms with van der Waals surface area (Å²) in [6.07, 6.45) is -0.517. The lowest BCUT2D eigenvalue weighted by molar-refractivity contribution is -0.127. The van der Waals surface area contributed by atoms with Crippen LogP contribution >= 0.6 is 0 Å². The van der Waals surface area contributed by atoms with E-state index in [4.69, 9.17) is 4.74 Å². The second-order valence-corrected chi connectivity index (χ2v) is 5.23. The van der Waals surface area contributed by atoms with Crippen molar-refractivity contribution in [2.45, 2.75) is 33.4 Å². The van der Waals surface area contributed by atoms with E-state index in [9.17, 15) is 4.79 Å². The van der Waals surface area contributed by atoms with Gasteiger partial charge in [-0.25, -0.2) is 0 Å². The number of hydrogen-bond acceptors (Lipinski definition) is 2. The molecule has 2 rings (SSSR count). The molecule has 1 atom stereocenters. The Bertz CT molecular complexity index is 605. The lowest BCUT2D eigenvalue weighted by Crippen LogP contribution is -2.36. The van der Waals surface area contributed by atoms with Crippen LogP contribution in [0, 0.1) is 13.8 Å². The van der Waals surface area contributed by atoms with Crippen molar-refractivity contribution in [1.82, 2.24) is 5.32 Å². The summed E-state index contributed by atoms with van der Waals surface area (Å²) < 4.78 is 5.70. The van der Waals surface area contributed by atoms with Gasteiger partial charge in [0.15, 0.2) is 6.10 Å². The Morgan fingerprint density at radius 1 is 1.10 bits per heavy atom. The molecule has 0 aliphatic carbocycles. The summed E-state index contributed by atoms with van der Waals surface area (Å²) in [6, 6.07) is 15.8. The molecule has 3 nitrogen and oxygen atoms in total. The van der Waals surface area contributed by atoms with Gasteiger partial charge < -0.3 is 10.1 Å². The van der Waals surface area contributed by atoms with E-state index in [-0.39, 0.29) is 5.91 Å². The summed E-state index contributed by atoms with van der Waals surface area (Å²) in [6.45, 7) is 6.28. The second-order valence-electron chi connectivity index (χ2n) is 5.23. The molecule has 0 spiro atoms. The molecule has 1 amide bonds. The number of nitrogens with one attached hydrogen (secondary N) is 1. The molecule has 0 saturated heterocycles. The lowest BCUT2D eigenvalue weighted by atomic mass is 10.1. The fourth-order valence-electron chi connectivity index (χ4n) is 1.97. The van der Waals surface area contributed by atoms with E-state index in [2.05, 4.69) is 5.32 Å². The van der Waals surface area contributed by atoms with Crippen molar-refractivity contribution in [3.8, 4) is 5.75 Å². The second kappa shape index (κ2) is 6.93. The topological polar surface area (TPSA) is 38.3 Å². The zero-order valence-electron chi connectivity index (χ0n) is 12.7. The Kier molecular flexibility index (Phi) is 4.99. The van der Waals surface area contributed by atoms with Gasteiger partial charge in [-0.2, -0.15) is 0 Å². The number of hydrogen-bond donors (Lipinski definition) is 1. The van der Waals surface area contributed by atoms with E-state index in [1.54, 1.807) is 6.92 Å². The van der Waals surface area contributed by atoms with Crippen LogP contribution in [0.4, 0.5) is 0 Å². The average molecular weight is 283 g/mol. The van der Waals surface area contributed by atoms with E-state index in [0.717, 1.165) is 16.9 Å². The zero-order chi connectivity index (χ0) is 15.2. The number of ether oxygens (including phenoxy) is 1. The fraction of sp³-hybridized carbons (Fsp3) is 0.278. The van der Waals surface area contributed by atoms with Crippen molar-refractivity contribution in [3.05, 3.63) is 65.2 Å². The van der Waals surface area contributed by atoms with Crippen molar-refractivity contribution in [1.29, 1.82) is 0 Å². The van der Waals surface area contributed by atoms with E-state index in [0.29, 0.717) is 6.54 Å². The molecule has 0 bridgehead atoms. The Hall–Kier alpha value is -2.29. The fourth-order valence-corrected chi connectivity index (χ4v) is 1.97. The normalized spacial score (nSPS) is 11.8. The molecule has 2 aromatic rings. The lowest BCUT2D eigenvalue weighted by Gasteiger charge is -2.16. The van der Waals surface area contributed by atoms with Gasteiger partial charge in [0.1, 0.15) is 5.75 Å². The van der Waals surface area contributed by atoms with Crippen LogP contribution in [0.25, 0.3) is 0 Å². The van der Waals surface area contributed by atoms with Gasteiger partial charge >= 0.3 is 0 Å². The van der Waals surface area contributed by atoms with Crippen molar-refractivity contribution in [2.75, 3.05) is 0 Å². The molecular weight excluding hydrogens is 262 g/mol. The molecule has 0 aliphatic heterocycles. The summed E-state index contributed by atoms with van der Waals surface area (Å²) in [4.78, 5) is 12.1. The summed E-state index contributed by atoms with van der Waals surface area (Å²) >= 11 is 0. The van der Waals surface area contributed by atoms with Crippen LogP contribution in [-0.2, 0) is 11.3 Å². The molecule has 2 aromatic carbocycles. The highest BCUT2D eigenvalue weighted by Crippen LogP contribution is 2.17. The summed E-state index contributed by atoms with van der Waals surface area (Å²) in [5.41, 5.74) is 3.31. The smallest absolute Gasteiger partial charge is 0.261 e. The third-order valence-corrected chi connectivity index (χ3v) is 3.35. The summed E-state index contributed by atoms with van der Waals surface area (Å²) in [5.74, 6) is 0.634. The van der Waals surface area contributed by atoms with E-state index in [1.165, 1.54) is 5.56 Å². The number of para-hydroxylation sites is 1. The molecule has 3 heteroatoms. The van der Waals surface area contributed by atoms with Crippen LogP contribution in [0.2, 0.25) is 0 Å². The predicted octanol–water partition coefficient (Wildman–Crippen LogP) is 3.39. The standard InChI is InChI=1S/C18H21NO2/c1-13-8-10-16(11-9-13)12-19-18(20)15(3)21-17-7-5-4-6-14(17)2/h4-11,15H,12H2,1-3H3,(H,19,20)/t15-/m1/s1. The third-order valence-electron chi connectivity index (χ3n) is 3.35. The minimum absolute atomic E-state index is 0.112. The van der Waals surface area contributed by atoms with Gasteiger partial charge in [0, 0.05) is 6.54 Å². The summed E-state index contributed by atoms with van der Waals surface area (Å²) in [7, 11) is 0. The highest BCUT2D eigenvalue weighted by molar-refractivity contribution is 5.80. The Morgan fingerprint density at radius 2 is 1.76 bits per heavy atom. The largest absolute Gasteiger partial charge is 0.481 e. The number of carbonyl (C=O) groups is 1. The molecule has 0 heterocycles. The number of benzene rings is 2. The average Bonchev–Trinajstić information content (AvgIpc) is 2.48. The van der Waals surface area contributed by atoms with E-state index >= 15 is 0 Å². The van der Waals surface area contributed by atoms with Crippen LogP contribution in [0.5, 0.6) is 5.75 Å². The predicted molar refractivity (Wildman–Crippen MR) is 84.3 cm³/mol. The molecule has 0 fully saturated rings. The van der Waals surface area contributed by atoms with Crippen molar-refractivity contribution >= 4 is 5.91 Å². The number of carbonyl (C=O) groups excluding carboxylic acids is 1. The van der Waals surface area contributed by atoms with Gasteiger partial charge in [0.2, 0.25) is 0 Å². The zero-order valence-corrected chi connectivity index (χ0v) is 12.7. The van der Waals surface area contributed by atoms with Crippen molar-refractivity contribution in [2.24, 2.45) is 0 Å². The Labute approximate surface area is 126 Å². The molecule has 110 valence electrons. The Balaban J connectivity index is 1.88. The maximum atomic E-state index is 12.1. The van der Waals surface area contributed by atoms with Gasteiger partial charge in [-0.15, -0.1) is 0 Å². The van der Waals surface area contributed by atoms with Crippen LogP contribution in [-0.4, -0.2) is 12.0 Å². The molecule has 0 aromatic heterocycles. The quantitative estimate of drug-likeness (QED) is 0.913. The number of amides is 1. The molecule has 0 saturated carbocycles. The van der Waals surface area contributed by atoms with Gasteiger partial charge in [-0.05, 0) is 38.0 Å². The van der Waals surface area contributed by atoms with Gasteiger partial charge in [-0.3, -0.25) is 4.79 Å². The van der Waals surface area contributed by atoms with Gasteiger partial charge in [0.05, 0.1) is 0 Å². The summed E-state index contributed by atoms with van der Waals surface area (Å²) in [5, 5.41) is 2.89. The molecule has 0 unspecified atom stereocenters. The van der Waals surface area contributed by atoms with Crippen molar-refractivity contribution < 1.29 is 9.53 Å². The molecular formula is C18H21NO2. The minimum atomic E-state index is -0.517. The third kappa shape index (κ3) is 4.35. The van der Waals surface area contributed by atoms with Crippen LogP contribution < -0.4 is 10.1 Å². The van der Waals surface area contributed by atoms with E-state index in [1.807, 2.05) is 62.4 Å². The van der Waals surface area contributed by atoms with Crippen LogP contribution in [0.1, 0.15) is 23.6 Å². The monoisotopic (exact) mass is 283 g/mol. The van der Waals surface area contributed by atoms with Gasteiger partial charge in [-0.1, -0.05) is 48.0 Å². The first kappa shape index (κ1) is 15.1. The van der Waals surface area contributed by atoms with Gasteiger partial charge in [0.25, 0.3) is 5.91 Å². The molecule has 0 radical (unpaired) electrons. The maximum absolute atomic E-state index is 12.1. The van der Waals surface area contributed by atoms with Crippen LogP contribution in [0.3, 0.4) is 0 Å².